The monoisotopic (exact) mass is 531 g/mol. The van der Waals surface area contributed by atoms with Gasteiger partial charge in [-0.2, -0.15) is 0 Å². The summed E-state index contributed by atoms with van der Waals surface area (Å²) in [6, 6.07) is -5.13. The summed E-state index contributed by atoms with van der Waals surface area (Å²) < 4.78 is 0. The summed E-state index contributed by atoms with van der Waals surface area (Å²) in [5, 5.41) is 34.0. The van der Waals surface area contributed by atoms with Gasteiger partial charge in [-0.25, -0.2) is 4.79 Å². The van der Waals surface area contributed by atoms with Crippen LogP contribution in [0.4, 0.5) is 0 Å². The number of carbonyl (C=O) groups excluding carboxylic acids is 3. The molecule has 0 radical (unpaired) electrons. The molecule has 0 heterocycles. The summed E-state index contributed by atoms with van der Waals surface area (Å²) in [6.45, 7) is 3.31. The molecule has 4 atom stereocenters. The lowest BCUT2D eigenvalue weighted by atomic mass is 10.0. The van der Waals surface area contributed by atoms with Crippen LogP contribution < -0.4 is 33.2 Å². The molecule has 0 bridgehead atoms. The van der Waals surface area contributed by atoms with Crippen molar-refractivity contribution in [3.63, 3.8) is 0 Å². The van der Waals surface area contributed by atoms with Gasteiger partial charge in [0.1, 0.15) is 18.1 Å². The second-order valence-corrected chi connectivity index (χ2v) is 8.61. The predicted octanol–water partition coefficient (Wildman–Crippen LogP) is -2.71. The Morgan fingerprint density at radius 1 is 0.757 bits per heavy atom. The third-order valence-corrected chi connectivity index (χ3v) is 5.09. The van der Waals surface area contributed by atoms with Crippen molar-refractivity contribution in [1.82, 2.24) is 16.0 Å². The fraction of sp³-hybridized carbons (Fsp3) is 0.667. The SMILES string of the molecule is CC(C)C(NC(=O)C(CCCN=C(N)N)NC(=O)C(N)CCC(=O)O)C(=O)NC(CCC(=O)O)C(=O)O. The number of nitrogens with zero attached hydrogens (tertiary/aromatic N) is 1. The molecule has 3 amide bonds. The molecule has 0 saturated heterocycles. The second kappa shape index (κ2) is 16.7. The molecule has 16 heteroatoms. The van der Waals surface area contributed by atoms with Gasteiger partial charge in [0.15, 0.2) is 5.96 Å². The molecule has 4 unspecified atom stereocenters. The number of hydrogen-bond donors (Lipinski definition) is 9. The number of amides is 3. The van der Waals surface area contributed by atoms with E-state index in [1.807, 2.05) is 0 Å². The van der Waals surface area contributed by atoms with Crippen LogP contribution in [0.2, 0.25) is 0 Å². The molecule has 0 aromatic rings. The van der Waals surface area contributed by atoms with Crippen molar-refractivity contribution in [2.24, 2.45) is 28.1 Å². The van der Waals surface area contributed by atoms with Crippen molar-refractivity contribution in [1.29, 1.82) is 0 Å². The normalized spacial score (nSPS) is 13.9. The average molecular weight is 532 g/mol. The number of carbonyl (C=O) groups is 6. The van der Waals surface area contributed by atoms with Gasteiger partial charge in [-0.1, -0.05) is 13.8 Å². The minimum atomic E-state index is -1.50. The smallest absolute Gasteiger partial charge is 0.326 e. The van der Waals surface area contributed by atoms with Crippen molar-refractivity contribution in [3.05, 3.63) is 0 Å². The van der Waals surface area contributed by atoms with Crippen LogP contribution in [0.3, 0.4) is 0 Å². The molecule has 37 heavy (non-hydrogen) atoms. The molecule has 0 fully saturated rings. The summed E-state index contributed by atoms with van der Waals surface area (Å²) >= 11 is 0. The zero-order valence-electron chi connectivity index (χ0n) is 20.8. The van der Waals surface area contributed by atoms with Crippen LogP contribution in [0.25, 0.3) is 0 Å². The predicted molar refractivity (Wildman–Crippen MR) is 130 cm³/mol. The summed E-state index contributed by atoms with van der Waals surface area (Å²) in [6.07, 6.45) is -1.13. The van der Waals surface area contributed by atoms with Crippen molar-refractivity contribution in [2.45, 2.75) is 76.5 Å². The second-order valence-electron chi connectivity index (χ2n) is 8.61. The molecule has 0 rings (SSSR count). The number of carboxylic acid groups (broad SMARTS) is 3. The Morgan fingerprint density at radius 3 is 1.78 bits per heavy atom. The van der Waals surface area contributed by atoms with Crippen LogP contribution in [0.5, 0.6) is 0 Å². The van der Waals surface area contributed by atoms with Gasteiger partial charge in [0, 0.05) is 19.4 Å². The van der Waals surface area contributed by atoms with Crippen LogP contribution >= 0.6 is 0 Å². The van der Waals surface area contributed by atoms with Gasteiger partial charge in [0.25, 0.3) is 0 Å². The van der Waals surface area contributed by atoms with Crippen molar-refractivity contribution < 1.29 is 44.1 Å². The van der Waals surface area contributed by atoms with E-state index in [9.17, 15) is 33.9 Å². The van der Waals surface area contributed by atoms with Crippen molar-refractivity contribution >= 4 is 41.6 Å². The molecule has 0 aliphatic rings. The molecular weight excluding hydrogens is 494 g/mol. The van der Waals surface area contributed by atoms with E-state index in [4.69, 9.17) is 27.4 Å². The molecule has 0 saturated carbocycles. The Hall–Kier alpha value is -3.95. The highest BCUT2D eigenvalue weighted by Gasteiger charge is 2.32. The van der Waals surface area contributed by atoms with E-state index >= 15 is 0 Å². The molecule has 16 nitrogen and oxygen atoms in total. The third kappa shape index (κ3) is 14.3. The molecule has 210 valence electrons. The first-order valence-electron chi connectivity index (χ1n) is 11.5. The van der Waals surface area contributed by atoms with E-state index in [1.165, 1.54) is 0 Å². The molecule has 0 spiro atoms. The van der Waals surface area contributed by atoms with E-state index in [2.05, 4.69) is 20.9 Å². The van der Waals surface area contributed by atoms with Crippen LogP contribution in [0, 0.1) is 5.92 Å². The van der Waals surface area contributed by atoms with Crippen LogP contribution in [0.15, 0.2) is 4.99 Å². The van der Waals surface area contributed by atoms with E-state index in [1.54, 1.807) is 13.8 Å². The number of hydrogen-bond acceptors (Lipinski definition) is 8. The Labute approximate surface area is 213 Å². The lowest BCUT2D eigenvalue weighted by Gasteiger charge is -2.27. The van der Waals surface area contributed by atoms with Gasteiger partial charge in [0.05, 0.1) is 6.04 Å². The maximum Gasteiger partial charge on any atom is 0.326 e. The van der Waals surface area contributed by atoms with E-state index in [-0.39, 0.29) is 44.6 Å². The largest absolute Gasteiger partial charge is 0.481 e. The third-order valence-electron chi connectivity index (χ3n) is 5.09. The Morgan fingerprint density at radius 2 is 1.30 bits per heavy atom. The molecule has 0 aromatic carbocycles. The van der Waals surface area contributed by atoms with E-state index < -0.39 is 72.1 Å². The zero-order chi connectivity index (χ0) is 28.7. The van der Waals surface area contributed by atoms with Gasteiger partial charge >= 0.3 is 17.9 Å². The summed E-state index contributed by atoms with van der Waals surface area (Å²) in [5.41, 5.74) is 16.3. The first kappa shape index (κ1) is 33.0. The number of rotatable bonds is 18. The first-order chi connectivity index (χ1) is 17.1. The minimum absolute atomic E-state index is 0.0306. The van der Waals surface area contributed by atoms with Gasteiger partial charge in [-0.05, 0) is 31.6 Å². The molecule has 0 aliphatic carbocycles. The van der Waals surface area contributed by atoms with Crippen LogP contribution in [-0.4, -0.2) is 87.6 Å². The standard InChI is InChI=1S/C21H37N7O9/c1-10(2)16(19(35)27-13(20(36)37)6-8-15(31)32)28-18(34)12(4-3-9-25-21(23)24)26-17(33)11(22)5-7-14(29)30/h10-13,16H,3-9,22H2,1-2H3,(H,26,33)(H,27,35)(H,28,34)(H,29,30)(H,31,32)(H,36,37)(H4,23,24,25). The Kier molecular flexibility index (Phi) is 14.9. The summed E-state index contributed by atoms with van der Waals surface area (Å²) in [4.78, 5) is 75.0. The fourth-order valence-corrected chi connectivity index (χ4v) is 3.04. The topological polar surface area (TPSA) is 290 Å². The van der Waals surface area contributed by atoms with E-state index in [0.717, 1.165) is 0 Å². The molecule has 0 aliphatic heterocycles. The van der Waals surface area contributed by atoms with Gasteiger partial charge in [-0.3, -0.25) is 29.0 Å². The number of aliphatic carboxylic acids is 3. The lowest BCUT2D eigenvalue weighted by Crippen LogP contribution is -2.58. The molecule has 12 N–H and O–H groups in total. The molecular formula is C21H37N7O9. The lowest BCUT2D eigenvalue weighted by molar-refractivity contribution is -0.144. The minimum Gasteiger partial charge on any atom is -0.481 e. The van der Waals surface area contributed by atoms with Crippen LogP contribution in [-0.2, 0) is 28.8 Å². The number of nitrogens with one attached hydrogen (secondary N) is 3. The number of nitrogens with two attached hydrogens (primary N) is 3. The first-order valence-corrected chi connectivity index (χ1v) is 11.5. The fourth-order valence-electron chi connectivity index (χ4n) is 3.04. The zero-order valence-corrected chi connectivity index (χ0v) is 20.8. The Balaban J connectivity index is 5.54. The highest BCUT2D eigenvalue weighted by Crippen LogP contribution is 2.08. The summed E-state index contributed by atoms with van der Waals surface area (Å²) in [5.74, 6) is -6.95. The van der Waals surface area contributed by atoms with Gasteiger partial charge in [-0.15, -0.1) is 0 Å². The number of guanidine groups is 1. The van der Waals surface area contributed by atoms with Crippen LogP contribution in [0.1, 0.15) is 52.4 Å². The summed E-state index contributed by atoms with van der Waals surface area (Å²) in [7, 11) is 0. The average Bonchev–Trinajstić information content (AvgIpc) is 2.79. The molecule has 0 aromatic heterocycles. The van der Waals surface area contributed by atoms with Gasteiger partial charge in [0.2, 0.25) is 17.7 Å². The maximum absolute atomic E-state index is 13.0. The number of aliphatic imine (C=N–C) groups is 1. The Bertz CT molecular complexity index is 859. The maximum atomic E-state index is 13.0. The highest BCUT2D eigenvalue weighted by atomic mass is 16.4. The van der Waals surface area contributed by atoms with Gasteiger partial charge < -0.3 is 48.5 Å². The number of carboxylic acids is 3. The van der Waals surface area contributed by atoms with E-state index in [0.29, 0.717) is 0 Å². The van der Waals surface area contributed by atoms with Crippen molar-refractivity contribution in [2.75, 3.05) is 6.54 Å². The highest BCUT2D eigenvalue weighted by molar-refractivity contribution is 5.94. The van der Waals surface area contributed by atoms with Crippen molar-refractivity contribution in [3.8, 4) is 0 Å². The quantitative estimate of drug-likeness (QED) is 0.0495.